The van der Waals surface area contributed by atoms with Crippen LogP contribution in [0, 0.1) is 6.92 Å². The van der Waals surface area contributed by atoms with Gasteiger partial charge in [-0.25, -0.2) is 0 Å². The van der Waals surface area contributed by atoms with Gasteiger partial charge in [-0.1, -0.05) is 42.5 Å². The fraction of sp³-hybridized carbons (Fsp3) is 0.263. The lowest BCUT2D eigenvalue weighted by Gasteiger charge is -2.21. The summed E-state index contributed by atoms with van der Waals surface area (Å²) in [4.78, 5) is 1.40. The second kappa shape index (κ2) is 6.00. The predicted octanol–water partition coefficient (Wildman–Crippen LogP) is 5.62. The van der Waals surface area contributed by atoms with Crippen molar-refractivity contribution in [1.29, 1.82) is 0 Å². The van der Waals surface area contributed by atoms with E-state index in [1.54, 1.807) is 0 Å². The third-order valence-corrected chi connectivity index (χ3v) is 5.33. The molecule has 0 saturated heterocycles. The molecule has 0 aliphatic carbocycles. The first-order chi connectivity index (χ1) is 10.1. The van der Waals surface area contributed by atoms with Crippen molar-refractivity contribution in [2.75, 3.05) is 0 Å². The molecule has 1 N–H and O–H groups in total. The summed E-state index contributed by atoms with van der Waals surface area (Å²) < 4.78 is 1.37. The first-order valence-corrected chi connectivity index (χ1v) is 8.27. The van der Waals surface area contributed by atoms with Gasteiger partial charge in [0.15, 0.2) is 0 Å². The summed E-state index contributed by atoms with van der Waals surface area (Å²) in [7, 11) is 0. The highest BCUT2D eigenvalue weighted by Gasteiger charge is 2.14. The van der Waals surface area contributed by atoms with E-state index in [0.717, 1.165) is 0 Å². The Morgan fingerprint density at radius 2 is 1.62 bits per heavy atom. The normalized spacial score (nSPS) is 14.2. The van der Waals surface area contributed by atoms with Crippen LogP contribution in [-0.2, 0) is 0 Å². The van der Waals surface area contributed by atoms with E-state index in [0.29, 0.717) is 12.1 Å². The summed E-state index contributed by atoms with van der Waals surface area (Å²) in [6.07, 6.45) is 0. The fourth-order valence-electron chi connectivity index (χ4n) is 2.84. The minimum atomic E-state index is 0.353. The van der Waals surface area contributed by atoms with Crippen molar-refractivity contribution in [2.45, 2.75) is 32.9 Å². The van der Waals surface area contributed by atoms with Crippen molar-refractivity contribution in [1.82, 2.24) is 5.32 Å². The zero-order valence-electron chi connectivity index (χ0n) is 12.8. The number of benzene rings is 2. The maximum absolute atomic E-state index is 3.72. The van der Waals surface area contributed by atoms with Crippen molar-refractivity contribution in [3.63, 3.8) is 0 Å². The Morgan fingerprint density at radius 3 is 2.38 bits per heavy atom. The van der Waals surface area contributed by atoms with Crippen molar-refractivity contribution in [2.24, 2.45) is 0 Å². The Kier molecular flexibility index (Phi) is 4.09. The van der Waals surface area contributed by atoms with Gasteiger partial charge in [-0.2, -0.15) is 0 Å². The number of aryl methyl sites for hydroxylation is 1. The van der Waals surface area contributed by atoms with E-state index < -0.39 is 0 Å². The van der Waals surface area contributed by atoms with Gasteiger partial charge in [-0.05, 0) is 49.4 Å². The molecule has 0 aliphatic heterocycles. The van der Waals surface area contributed by atoms with Gasteiger partial charge in [-0.3, -0.25) is 0 Å². The van der Waals surface area contributed by atoms with Crippen LogP contribution in [0.5, 0.6) is 0 Å². The van der Waals surface area contributed by atoms with E-state index in [9.17, 15) is 0 Å². The van der Waals surface area contributed by atoms with Crippen LogP contribution in [0.3, 0.4) is 0 Å². The molecule has 2 unspecified atom stereocenters. The molecule has 21 heavy (non-hydrogen) atoms. The van der Waals surface area contributed by atoms with Gasteiger partial charge in [0.05, 0.1) is 0 Å². The summed E-state index contributed by atoms with van der Waals surface area (Å²) in [5, 5.41) is 5.07. The monoisotopic (exact) mass is 295 g/mol. The van der Waals surface area contributed by atoms with E-state index in [4.69, 9.17) is 0 Å². The minimum Gasteiger partial charge on any atom is -0.303 e. The summed E-state index contributed by atoms with van der Waals surface area (Å²) >= 11 is 1.88. The topological polar surface area (TPSA) is 12.0 Å². The molecule has 0 bridgehead atoms. The molecule has 0 spiro atoms. The van der Waals surface area contributed by atoms with Gasteiger partial charge in [-0.15, -0.1) is 11.3 Å². The molecule has 1 heterocycles. The Morgan fingerprint density at radius 1 is 0.905 bits per heavy atom. The van der Waals surface area contributed by atoms with E-state index >= 15 is 0 Å². The lowest BCUT2D eigenvalue weighted by molar-refractivity contribution is 0.499. The standard InChI is InChI=1S/C19H21NS/c1-13-8-4-6-10-17(13)14(2)20-15(3)19-12-16-9-5-7-11-18(16)21-19/h4-12,14-15,20H,1-3H3. The van der Waals surface area contributed by atoms with Crippen LogP contribution in [-0.4, -0.2) is 0 Å². The van der Waals surface area contributed by atoms with Crippen molar-refractivity contribution < 1.29 is 0 Å². The summed E-state index contributed by atoms with van der Waals surface area (Å²) in [6.45, 7) is 6.67. The molecule has 0 amide bonds. The van der Waals surface area contributed by atoms with Crippen LogP contribution in [0.2, 0.25) is 0 Å². The smallest absolute Gasteiger partial charge is 0.0391 e. The number of thiophene rings is 1. The SMILES string of the molecule is Cc1ccccc1C(C)NC(C)c1cc2ccccc2s1. The van der Waals surface area contributed by atoms with Gasteiger partial charge in [0, 0.05) is 21.7 Å². The quantitative estimate of drug-likeness (QED) is 0.658. The number of rotatable bonds is 4. The zero-order chi connectivity index (χ0) is 14.8. The second-order valence-electron chi connectivity index (χ2n) is 5.65. The molecule has 1 aromatic heterocycles. The van der Waals surface area contributed by atoms with Crippen LogP contribution < -0.4 is 5.32 Å². The number of fused-ring (bicyclic) bond motifs is 1. The second-order valence-corrected chi connectivity index (χ2v) is 6.77. The van der Waals surface area contributed by atoms with E-state index in [1.165, 1.54) is 26.1 Å². The average Bonchev–Trinajstić information content (AvgIpc) is 2.91. The first kappa shape index (κ1) is 14.3. The molecule has 108 valence electrons. The van der Waals surface area contributed by atoms with Crippen molar-refractivity contribution >= 4 is 21.4 Å². The lowest BCUT2D eigenvalue weighted by Crippen LogP contribution is -2.22. The highest BCUT2D eigenvalue weighted by atomic mass is 32.1. The minimum absolute atomic E-state index is 0.353. The molecule has 0 saturated carbocycles. The van der Waals surface area contributed by atoms with Crippen LogP contribution in [0.15, 0.2) is 54.6 Å². The van der Waals surface area contributed by atoms with Gasteiger partial charge >= 0.3 is 0 Å². The van der Waals surface area contributed by atoms with Crippen LogP contribution in [0.25, 0.3) is 10.1 Å². The third-order valence-electron chi connectivity index (χ3n) is 4.03. The number of hydrogen-bond donors (Lipinski definition) is 1. The van der Waals surface area contributed by atoms with Crippen LogP contribution in [0.4, 0.5) is 0 Å². The number of nitrogens with one attached hydrogen (secondary N) is 1. The molecule has 3 rings (SSSR count). The largest absolute Gasteiger partial charge is 0.303 e. The van der Waals surface area contributed by atoms with E-state index in [-0.39, 0.29) is 0 Å². The lowest BCUT2D eigenvalue weighted by atomic mass is 10.0. The van der Waals surface area contributed by atoms with Gasteiger partial charge in [0.25, 0.3) is 0 Å². The maximum atomic E-state index is 3.72. The molecular weight excluding hydrogens is 274 g/mol. The Labute approximate surface area is 130 Å². The molecule has 3 aromatic rings. The predicted molar refractivity (Wildman–Crippen MR) is 93.0 cm³/mol. The Balaban J connectivity index is 1.79. The van der Waals surface area contributed by atoms with Crippen molar-refractivity contribution in [3.8, 4) is 0 Å². The maximum Gasteiger partial charge on any atom is 0.0391 e. The summed E-state index contributed by atoms with van der Waals surface area (Å²) in [6, 6.07) is 20.2. The molecular formula is C19H21NS. The first-order valence-electron chi connectivity index (χ1n) is 7.45. The summed E-state index contributed by atoms with van der Waals surface area (Å²) in [5.74, 6) is 0. The van der Waals surface area contributed by atoms with Gasteiger partial charge in [0.1, 0.15) is 0 Å². The van der Waals surface area contributed by atoms with Crippen LogP contribution >= 0.6 is 11.3 Å². The molecule has 0 radical (unpaired) electrons. The molecule has 0 fully saturated rings. The Hall–Kier alpha value is -1.64. The van der Waals surface area contributed by atoms with Gasteiger partial charge < -0.3 is 5.32 Å². The van der Waals surface area contributed by atoms with Gasteiger partial charge in [0.2, 0.25) is 0 Å². The number of hydrogen-bond acceptors (Lipinski definition) is 2. The molecule has 1 nitrogen and oxygen atoms in total. The molecule has 2 heteroatoms. The molecule has 2 aromatic carbocycles. The van der Waals surface area contributed by atoms with Crippen LogP contribution in [0.1, 0.15) is 41.9 Å². The fourth-order valence-corrected chi connectivity index (χ4v) is 3.91. The van der Waals surface area contributed by atoms with E-state index in [2.05, 4.69) is 80.7 Å². The van der Waals surface area contributed by atoms with Crippen molar-refractivity contribution in [3.05, 3.63) is 70.6 Å². The molecule has 2 atom stereocenters. The zero-order valence-corrected chi connectivity index (χ0v) is 13.6. The average molecular weight is 295 g/mol. The summed E-state index contributed by atoms with van der Waals surface area (Å²) in [5.41, 5.74) is 2.73. The molecule has 0 aliphatic rings. The third kappa shape index (κ3) is 3.02. The highest BCUT2D eigenvalue weighted by molar-refractivity contribution is 7.19. The van der Waals surface area contributed by atoms with E-state index in [1.807, 2.05) is 11.3 Å². The Bertz CT molecular complexity index is 711. The highest BCUT2D eigenvalue weighted by Crippen LogP contribution is 2.31.